The highest BCUT2D eigenvalue weighted by atomic mass is 35.5. The summed E-state index contributed by atoms with van der Waals surface area (Å²) >= 11 is 0. The number of carbonyl (C=O) groups is 1. The lowest BCUT2D eigenvalue weighted by atomic mass is 10.1. The van der Waals surface area contributed by atoms with Crippen LogP contribution >= 0.6 is 12.4 Å². The van der Waals surface area contributed by atoms with E-state index < -0.39 is 5.91 Å². The number of anilines is 1. The number of hydrogen-bond acceptors (Lipinski definition) is 4. The summed E-state index contributed by atoms with van der Waals surface area (Å²) in [5.74, 6) is -0.535. The molecule has 1 amide bonds. The van der Waals surface area contributed by atoms with E-state index in [9.17, 15) is 4.79 Å². The van der Waals surface area contributed by atoms with Crippen molar-refractivity contribution >= 4 is 30.1 Å². The van der Waals surface area contributed by atoms with Gasteiger partial charge in [0.1, 0.15) is 0 Å². The maximum atomic E-state index is 11.0. The van der Waals surface area contributed by atoms with Crippen molar-refractivity contribution in [3.63, 3.8) is 0 Å². The second kappa shape index (κ2) is 9.97. The van der Waals surface area contributed by atoms with Gasteiger partial charge in [0.2, 0.25) is 0 Å². The molecule has 0 spiro atoms. The molecule has 1 aliphatic rings. The van der Waals surface area contributed by atoms with E-state index in [4.69, 9.17) is 5.21 Å². The Labute approximate surface area is 160 Å². The first kappa shape index (κ1) is 20.0. The minimum absolute atomic E-state index is 0. The molecule has 1 saturated heterocycles. The van der Waals surface area contributed by atoms with Crippen LogP contribution in [-0.4, -0.2) is 35.1 Å². The molecule has 2 aromatic carbocycles. The number of halogens is 1. The topological polar surface area (TPSA) is 64.6 Å². The first-order valence-electron chi connectivity index (χ1n) is 8.48. The monoisotopic (exact) mass is 373 g/mol. The summed E-state index contributed by atoms with van der Waals surface area (Å²) in [5, 5.41) is 12.0. The SMILES string of the molecule is Cl.O=C(C=Cc1ccc(N[C@@H]2CCN(Cc3ccccc3)C2)cc1)NO. The van der Waals surface area contributed by atoms with Crippen LogP contribution in [0.1, 0.15) is 17.5 Å². The Hall–Kier alpha value is -2.34. The van der Waals surface area contributed by atoms with Gasteiger partial charge in [-0.3, -0.25) is 14.9 Å². The highest BCUT2D eigenvalue weighted by Crippen LogP contribution is 2.18. The minimum Gasteiger partial charge on any atom is -0.381 e. The van der Waals surface area contributed by atoms with Crippen molar-refractivity contribution < 1.29 is 10.0 Å². The van der Waals surface area contributed by atoms with E-state index in [1.807, 2.05) is 30.3 Å². The maximum Gasteiger partial charge on any atom is 0.267 e. The Kier molecular flexibility index (Phi) is 7.66. The van der Waals surface area contributed by atoms with Gasteiger partial charge in [-0.25, -0.2) is 5.48 Å². The van der Waals surface area contributed by atoms with Crippen molar-refractivity contribution in [1.29, 1.82) is 0 Å². The second-order valence-corrected chi connectivity index (χ2v) is 6.28. The normalized spacial score (nSPS) is 17.0. The predicted octanol–water partition coefficient (Wildman–Crippen LogP) is 3.31. The molecule has 0 unspecified atom stereocenters. The molecule has 1 heterocycles. The lowest BCUT2D eigenvalue weighted by Crippen LogP contribution is -2.25. The third-order valence-electron chi connectivity index (χ3n) is 4.34. The Balaban J connectivity index is 0.00000243. The van der Waals surface area contributed by atoms with Crippen molar-refractivity contribution in [2.75, 3.05) is 18.4 Å². The number of benzene rings is 2. The molecule has 0 saturated carbocycles. The smallest absolute Gasteiger partial charge is 0.267 e. The van der Waals surface area contributed by atoms with Crippen LogP contribution in [0.4, 0.5) is 5.69 Å². The molecule has 0 aromatic heterocycles. The van der Waals surface area contributed by atoms with Gasteiger partial charge in [0, 0.05) is 37.4 Å². The molecule has 0 aliphatic carbocycles. The van der Waals surface area contributed by atoms with Crippen LogP contribution in [0.15, 0.2) is 60.7 Å². The van der Waals surface area contributed by atoms with Gasteiger partial charge in [0.05, 0.1) is 0 Å². The van der Waals surface area contributed by atoms with E-state index in [-0.39, 0.29) is 12.4 Å². The Morgan fingerprint density at radius 1 is 1.15 bits per heavy atom. The van der Waals surface area contributed by atoms with Crippen LogP contribution in [0.5, 0.6) is 0 Å². The molecular weight excluding hydrogens is 350 g/mol. The van der Waals surface area contributed by atoms with Crippen LogP contribution in [0.3, 0.4) is 0 Å². The van der Waals surface area contributed by atoms with Crippen LogP contribution in [-0.2, 0) is 11.3 Å². The fourth-order valence-electron chi connectivity index (χ4n) is 3.07. The fourth-order valence-corrected chi connectivity index (χ4v) is 3.07. The van der Waals surface area contributed by atoms with Gasteiger partial charge in [0.25, 0.3) is 5.91 Å². The maximum absolute atomic E-state index is 11.0. The Bertz CT molecular complexity index is 720. The molecule has 138 valence electrons. The predicted molar refractivity (Wildman–Crippen MR) is 106 cm³/mol. The third kappa shape index (κ3) is 5.88. The molecule has 6 heteroatoms. The van der Waals surface area contributed by atoms with E-state index in [0.717, 1.165) is 37.3 Å². The van der Waals surface area contributed by atoms with Crippen LogP contribution in [0, 0.1) is 0 Å². The summed E-state index contributed by atoms with van der Waals surface area (Å²) in [5.41, 5.74) is 4.91. The zero-order valence-electron chi connectivity index (χ0n) is 14.5. The molecule has 3 N–H and O–H groups in total. The van der Waals surface area contributed by atoms with Gasteiger partial charge in [-0.15, -0.1) is 12.4 Å². The fraction of sp³-hybridized carbons (Fsp3) is 0.250. The quantitative estimate of drug-likeness (QED) is 0.413. The van der Waals surface area contributed by atoms with E-state index >= 15 is 0 Å². The van der Waals surface area contributed by atoms with Gasteiger partial charge < -0.3 is 5.32 Å². The lowest BCUT2D eigenvalue weighted by Gasteiger charge is -2.17. The number of amides is 1. The summed E-state index contributed by atoms with van der Waals surface area (Å²) in [6.45, 7) is 3.13. The number of nitrogens with zero attached hydrogens (tertiary/aromatic N) is 1. The molecule has 0 radical (unpaired) electrons. The third-order valence-corrected chi connectivity index (χ3v) is 4.34. The van der Waals surface area contributed by atoms with Crippen LogP contribution in [0.25, 0.3) is 6.08 Å². The molecule has 5 nitrogen and oxygen atoms in total. The Morgan fingerprint density at radius 2 is 1.88 bits per heavy atom. The molecule has 0 bridgehead atoms. The highest BCUT2D eigenvalue weighted by Gasteiger charge is 2.22. The van der Waals surface area contributed by atoms with Crippen molar-refractivity contribution in [3.05, 3.63) is 71.8 Å². The van der Waals surface area contributed by atoms with Gasteiger partial charge in [0.15, 0.2) is 0 Å². The molecule has 3 rings (SSSR count). The van der Waals surface area contributed by atoms with Gasteiger partial charge in [-0.1, -0.05) is 42.5 Å². The molecular formula is C20H24ClN3O2. The standard InChI is InChI=1S/C20H23N3O2.ClH/c24-20(22-25)11-8-16-6-9-18(10-7-16)21-19-12-13-23(15-19)14-17-4-2-1-3-5-17;/h1-11,19,21,25H,12-15H2,(H,22,24);1H/t19-;/m1./s1. The molecule has 1 aliphatic heterocycles. The molecule has 1 fully saturated rings. The first-order valence-corrected chi connectivity index (χ1v) is 8.48. The van der Waals surface area contributed by atoms with E-state index in [0.29, 0.717) is 6.04 Å². The van der Waals surface area contributed by atoms with Gasteiger partial charge >= 0.3 is 0 Å². The summed E-state index contributed by atoms with van der Waals surface area (Å²) < 4.78 is 0. The average Bonchev–Trinajstić information content (AvgIpc) is 3.08. The summed E-state index contributed by atoms with van der Waals surface area (Å²) in [4.78, 5) is 13.4. The van der Waals surface area contributed by atoms with E-state index in [2.05, 4.69) is 34.5 Å². The van der Waals surface area contributed by atoms with Crippen molar-refractivity contribution in [1.82, 2.24) is 10.4 Å². The lowest BCUT2D eigenvalue weighted by molar-refractivity contribution is -0.124. The molecule has 2 aromatic rings. The number of nitrogens with one attached hydrogen (secondary N) is 2. The second-order valence-electron chi connectivity index (χ2n) is 6.28. The van der Waals surface area contributed by atoms with Gasteiger partial charge in [-0.2, -0.15) is 0 Å². The summed E-state index contributed by atoms with van der Waals surface area (Å²) in [6, 6.07) is 18.9. The summed E-state index contributed by atoms with van der Waals surface area (Å²) in [7, 11) is 0. The number of rotatable bonds is 6. The highest BCUT2D eigenvalue weighted by molar-refractivity contribution is 5.90. The number of hydrogen-bond donors (Lipinski definition) is 3. The Morgan fingerprint density at radius 3 is 2.58 bits per heavy atom. The van der Waals surface area contributed by atoms with Crippen LogP contribution < -0.4 is 10.8 Å². The van der Waals surface area contributed by atoms with E-state index in [1.54, 1.807) is 11.6 Å². The van der Waals surface area contributed by atoms with E-state index in [1.165, 1.54) is 11.6 Å². The largest absolute Gasteiger partial charge is 0.381 e. The first-order chi connectivity index (χ1) is 12.2. The van der Waals surface area contributed by atoms with Gasteiger partial charge in [-0.05, 0) is 35.8 Å². The number of carbonyl (C=O) groups excluding carboxylic acids is 1. The molecule has 1 atom stereocenters. The van der Waals surface area contributed by atoms with Crippen molar-refractivity contribution in [3.8, 4) is 0 Å². The number of likely N-dealkylation sites (tertiary alicyclic amines) is 1. The van der Waals surface area contributed by atoms with Crippen molar-refractivity contribution in [2.45, 2.75) is 19.0 Å². The zero-order valence-corrected chi connectivity index (χ0v) is 15.3. The number of hydroxylamine groups is 1. The summed E-state index contributed by atoms with van der Waals surface area (Å²) in [6.07, 6.45) is 4.08. The minimum atomic E-state index is -0.535. The van der Waals surface area contributed by atoms with Crippen LogP contribution in [0.2, 0.25) is 0 Å². The zero-order chi connectivity index (χ0) is 17.5. The average molecular weight is 374 g/mol. The molecule has 26 heavy (non-hydrogen) atoms. The van der Waals surface area contributed by atoms with Crippen molar-refractivity contribution in [2.24, 2.45) is 0 Å².